The number of aromatic nitrogens is 1. The molecule has 0 saturated carbocycles. The second-order valence-corrected chi connectivity index (χ2v) is 6.06. The minimum atomic E-state index is -0.586. The van der Waals surface area contributed by atoms with Gasteiger partial charge in [-0.1, -0.05) is 23.7 Å². The number of methoxy groups -OCH3 is 1. The molecule has 0 aliphatic rings. The molecule has 7 heteroatoms. The van der Waals surface area contributed by atoms with Crippen molar-refractivity contribution in [2.45, 2.75) is 13.1 Å². The maximum atomic E-state index is 12.1. The molecule has 2 aromatic carbocycles. The fourth-order valence-corrected chi connectivity index (χ4v) is 2.51. The minimum Gasteiger partial charge on any atom is -0.497 e. The van der Waals surface area contributed by atoms with Crippen molar-refractivity contribution >= 4 is 17.5 Å². The van der Waals surface area contributed by atoms with Crippen molar-refractivity contribution in [2.75, 3.05) is 7.11 Å². The Bertz CT molecular complexity index is 943. The fraction of sp³-hybridized carbons (Fsp3) is 0.158. The molecule has 134 valence electrons. The predicted octanol–water partition coefficient (Wildman–Crippen LogP) is 3.09. The first-order chi connectivity index (χ1) is 12.5. The predicted molar refractivity (Wildman–Crippen MR) is 98.3 cm³/mol. The van der Waals surface area contributed by atoms with Crippen LogP contribution >= 0.6 is 11.6 Å². The molecular formula is C19H17ClN2O4. The molecule has 0 radical (unpaired) electrons. The first-order valence-electron chi connectivity index (χ1n) is 7.91. The number of rotatable bonds is 6. The van der Waals surface area contributed by atoms with E-state index in [1.165, 1.54) is 10.8 Å². The van der Waals surface area contributed by atoms with Crippen LogP contribution in [-0.4, -0.2) is 17.6 Å². The monoisotopic (exact) mass is 372 g/mol. The summed E-state index contributed by atoms with van der Waals surface area (Å²) in [6.07, 6.45) is 1.52. The number of hydrogen-bond acceptors (Lipinski definition) is 4. The number of benzene rings is 2. The summed E-state index contributed by atoms with van der Waals surface area (Å²) in [5.74, 6) is 0.224. The van der Waals surface area contributed by atoms with Crippen molar-refractivity contribution in [3.8, 4) is 17.1 Å². The number of carbonyl (C=O) groups excluding carboxylic acids is 1. The Morgan fingerprint density at radius 3 is 2.50 bits per heavy atom. The molecule has 0 saturated heterocycles. The van der Waals surface area contributed by atoms with Crippen LogP contribution in [0.1, 0.15) is 5.56 Å². The van der Waals surface area contributed by atoms with Crippen LogP contribution < -0.4 is 15.8 Å². The molecule has 1 N–H and O–H groups in total. The number of oxazole rings is 1. The van der Waals surface area contributed by atoms with E-state index in [4.69, 9.17) is 20.8 Å². The Hall–Kier alpha value is -2.99. The van der Waals surface area contributed by atoms with E-state index < -0.39 is 5.76 Å². The number of nitrogens with zero attached hydrogens (tertiary/aromatic N) is 1. The lowest BCUT2D eigenvalue weighted by molar-refractivity contribution is -0.121. The highest BCUT2D eigenvalue weighted by Crippen LogP contribution is 2.21. The molecule has 0 spiro atoms. The molecule has 0 unspecified atom stereocenters. The van der Waals surface area contributed by atoms with Gasteiger partial charge in [0.2, 0.25) is 5.91 Å². The van der Waals surface area contributed by atoms with Crippen LogP contribution in [-0.2, 0) is 17.9 Å². The van der Waals surface area contributed by atoms with E-state index in [9.17, 15) is 9.59 Å². The van der Waals surface area contributed by atoms with Gasteiger partial charge < -0.3 is 14.5 Å². The van der Waals surface area contributed by atoms with Gasteiger partial charge in [-0.15, -0.1) is 0 Å². The van der Waals surface area contributed by atoms with E-state index in [1.54, 1.807) is 43.5 Å². The number of carbonyl (C=O) groups is 1. The fourth-order valence-electron chi connectivity index (χ4n) is 2.39. The van der Waals surface area contributed by atoms with Gasteiger partial charge >= 0.3 is 5.76 Å². The normalized spacial score (nSPS) is 10.5. The summed E-state index contributed by atoms with van der Waals surface area (Å²) in [5, 5.41) is 3.39. The van der Waals surface area contributed by atoms with Crippen molar-refractivity contribution in [1.29, 1.82) is 0 Å². The van der Waals surface area contributed by atoms with Crippen molar-refractivity contribution in [2.24, 2.45) is 0 Å². The highest BCUT2D eigenvalue weighted by molar-refractivity contribution is 6.30. The van der Waals surface area contributed by atoms with Crippen molar-refractivity contribution in [1.82, 2.24) is 9.88 Å². The average molecular weight is 373 g/mol. The third-order valence-electron chi connectivity index (χ3n) is 3.80. The second-order valence-electron chi connectivity index (χ2n) is 5.62. The van der Waals surface area contributed by atoms with Crippen molar-refractivity contribution in [3.63, 3.8) is 0 Å². The quantitative estimate of drug-likeness (QED) is 0.721. The van der Waals surface area contributed by atoms with Gasteiger partial charge in [0, 0.05) is 17.1 Å². The van der Waals surface area contributed by atoms with E-state index in [0.717, 1.165) is 11.1 Å². The molecule has 26 heavy (non-hydrogen) atoms. The zero-order valence-electron chi connectivity index (χ0n) is 14.1. The molecule has 1 heterocycles. The van der Waals surface area contributed by atoms with Gasteiger partial charge in [-0.05, 0) is 42.0 Å². The molecule has 3 aromatic rings. The van der Waals surface area contributed by atoms with E-state index in [2.05, 4.69) is 5.32 Å². The maximum absolute atomic E-state index is 12.1. The second kappa shape index (κ2) is 7.93. The average Bonchev–Trinajstić information content (AvgIpc) is 3.02. The lowest BCUT2D eigenvalue weighted by Gasteiger charge is -2.05. The Morgan fingerprint density at radius 1 is 1.15 bits per heavy atom. The number of amides is 1. The largest absolute Gasteiger partial charge is 0.497 e. The zero-order chi connectivity index (χ0) is 18.5. The van der Waals surface area contributed by atoms with Gasteiger partial charge in [0.25, 0.3) is 0 Å². The summed E-state index contributed by atoms with van der Waals surface area (Å²) in [7, 11) is 1.58. The number of halogens is 1. The molecule has 3 rings (SSSR count). The molecule has 0 fully saturated rings. The Balaban J connectivity index is 1.64. The standard InChI is InChI=1S/C19H17ClN2O4/c1-25-16-8-4-14(5-9-16)17-11-22(19(24)26-17)12-18(23)21-10-13-2-6-15(20)7-3-13/h2-9,11H,10,12H2,1H3,(H,21,23). The summed E-state index contributed by atoms with van der Waals surface area (Å²) in [6.45, 7) is 0.236. The number of ether oxygens (including phenoxy) is 1. The molecule has 1 amide bonds. The van der Waals surface area contributed by atoms with Gasteiger partial charge in [-0.2, -0.15) is 0 Å². The molecule has 1 aromatic heterocycles. The lowest BCUT2D eigenvalue weighted by Crippen LogP contribution is -2.30. The SMILES string of the molecule is COc1ccc(-c2cn(CC(=O)NCc3ccc(Cl)cc3)c(=O)o2)cc1. The summed E-state index contributed by atoms with van der Waals surface area (Å²) in [6, 6.07) is 14.3. The highest BCUT2D eigenvalue weighted by Gasteiger charge is 2.11. The van der Waals surface area contributed by atoms with Crippen LogP contribution in [0.4, 0.5) is 0 Å². The van der Waals surface area contributed by atoms with Crippen LogP contribution in [0, 0.1) is 0 Å². The minimum absolute atomic E-state index is 0.119. The topological polar surface area (TPSA) is 73.5 Å². The van der Waals surface area contributed by atoms with E-state index in [-0.39, 0.29) is 12.5 Å². The molecule has 0 aliphatic heterocycles. The van der Waals surface area contributed by atoms with Crippen LogP contribution in [0.15, 0.2) is 63.9 Å². The van der Waals surface area contributed by atoms with E-state index in [0.29, 0.717) is 23.1 Å². The third kappa shape index (κ3) is 4.34. The molecular weight excluding hydrogens is 356 g/mol. The molecule has 0 aliphatic carbocycles. The van der Waals surface area contributed by atoms with Gasteiger partial charge in [0.1, 0.15) is 12.3 Å². The van der Waals surface area contributed by atoms with Gasteiger partial charge in [0.05, 0.1) is 13.3 Å². The molecule has 6 nitrogen and oxygen atoms in total. The maximum Gasteiger partial charge on any atom is 0.419 e. The van der Waals surface area contributed by atoms with Gasteiger partial charge in [-0.3, -0.25) is 9.36 Å². The molecule has 0 bridgehead atoms. The van der Waals surface area contributed by atoms with E-state index >= 15 is 0 Å². The summed E-state index contributed by atoms with van der Waals surface area (Å²) >= 11 is 5.83. The first kappa shape index (κ1) is 17.8. The Morgan fingerprint density at radius 2 is 1.85 bits per heavy atom. The van der Waals surface area contributed by atoms with Crippen molar-refractivity contribution in [3.05, 3.63) is 75.9 Å². The summed E-state index contributed by atoms with van der Waals surface area (Å²) < 4.78 is 11.6. The van der Waals surface area contributed by atoms with Crippen LogP contribution in [0.5, 0.6) is 5.75 Å². The Labute approximate surface area is 155 Å². The van der Waals surface area contributed by atoms with Crippen LogP contribution in [0.3, 0.4) is 0 Å². The zero-order valence-corrected chi connectivity index (χ0v) is 14.8. The highest BCUT2D eigenvalue weighted by atomic mass is 35.5. The van der Waals surface area contributed by atoms with Crippen LogP contribution in [0.2, 0.25) is 5.02 Å². The summed E-state index contributed by atoms with van der Waals surface area (Å²) in [5.41, 5.74) is 1.64. The Kier molecular flexibility index (Phi) is 5.43. The van der Waals surface area contributed by atoms with Crippen molar-refractivity contribution < 1.29 is 13.9 Å². The summed E-state index contributed by atoms with van der Waals surface area (Å²) in [4.78, 5) is 24.0. The molecule has 0 atom stereocenters. The smallest absolute Gasteiger partial charge is 0.419 e. The number of hydrogen-bond donors (Lipinski definition) is 1. The van der Waals surface area contributed by atoms with Crippen LogP contribution in [0.25, 0.3) is 11.3 Å². The van der Waals surface area contributed by atoms with Gasteiger partial charge in [0.15, 0.2) is 5.76 Å². The number of nitrogens with one attached hydrogen (secondary N) is 1. The van der Waals surface area contributed by atoms with E-state index in [1.807, 2.05) is 12.1 Å². The lowest BCUT2D eigenvalue weighted by atomic mass is 10.2. The first-order valence-corrected chi connectivity index (χ1v) is 8.29. The van der Waals surface area contributed by atoms with Gasteiger partial charge in [-0.25, -0.2) is 4.79 Å². The third-order valence-corrected chi connectivity index (χ3v) is 4.05.